The quantitative estimate of drug-likeness (QED) is 0.817. The van der Waals surface area contributed by atoms with Crippen LogP contribution in [0, 0.1) is 0 Å². The molecule has 7 heteroatoms. The van der Waals surface area contributed by atoms with Crippen LogP contribution in [0.1, 0.15) is 10.4 Å². The summed E-state index contributed by atoms with van der Waals surface area (Å²) in [4.78, 5) is 37.7. The number of nitrogens with one attached hydrogen (secondary N) is 1. The zero-order valence-electron chi connectivity index (χ0n) is 11.4. The molecule has 0 aromatic heterocycles. The van der Waals surface area contributed by atoms with Gasteiger partial charge in [0.15, 0.2) is 0 Å². The van der Waals surface area contributed by atoms with Gasteiger partial charge in [-0.3, -0.25) is 14.4 Å². The van der Waals surface area contributed by atoms with Crippen LogP contribution in [0.5, 0.6) is 0 Å². The third-order valence-electron chi connectivity index (χ3n) is 3.30. The molecule has 2 rings (SSSR count). The lowest BCUT2D eigenvalue weighted by Gasteiger charge is -2.32. The number of rotatable bonds is 4. The maximum Gasteiger partial charge on any atom is 0.251 e. The SMILES string of the molecule is O=CN1CCN(C(=O)CNC(=O)c2cccc(Cl)c2)CC1. The number of nitrogens with zero attached hydrogens (tertiary/aromatic N) is 2. The van der Waals surface area contributed by atoms with Gasteiger partial charge in [0.05, 0.1) is 6.54 Å². The van der Waals surface area contributed by atoms with Gasteiger partial charge in [0.25, 0.3) is 5.91 Å². The molecule has 1 aromatic carbocycles. The molecule has 0 unspecified atom stereocenters. The van der Waals surface area contributed by atoms with Gasteiger partial charge < -0.3 is 15.1 Å². The van der Waals surface area contributed by atoms with Crippen molar-refractivity contribution in [2.45, 2.75) is 0 Å². The van der Waals surface area contributed by atoms with Crippen LogP contribution in [0.15, 0.2) is 24.3 Å². The van der Waals surface area contributed by atoms with Gasteiger partial charge in [-0.1, -0.05) is 17.7 Å². The summed E-state index contributed by atoms with van der Waals surface area (Å²) >= 11 is 5.81. The Bertz CT molecular complexity index is 542. The summed E-state index contributed by atoms with van der Waals surface area (Å²) in [5.41, 5.74) is 0.418. The molecule has 21 heavy (non-hydrogen) atoms. The summed E-state index contributed by atoms with van der Waals surface area (Å²) in [6.07, 6.45) is 0.780. The number of piperazine rings is 1. The van der Waals surface area contributed by atoms with Crippen molar-refractivity contribution >= 4 is 29.8 Å². The lowest BCUT2D eigenvalue weighted by Crippen LogP contribution is -2.50. The third-order valence-corrected chi connectivity index (χ3v) is 3.54. The van der Waals surface area contributed by atoms with Crippen LogP contribution in [-0.2, 0) is 9.59 Å². The number of benzene rings is 1. The molecular weight excluding hydrogens is 294 g/mol. The molecule has 0 radical (unpaired) electrons. The highest BCUT2D eigenvalue weighted by Gasteiger charge is 2.20. The predicted octanol–water partition coefficient (Wildman–Crippen LogP) is 0.370. The summed E-state index contributed by atoms with van der Waals surface area (Å²) in [5.74, 6) is -0.492. The van der Waals surface area contributed by atoms with E-state index in [1.54, 1.807) is 34.1 Å². The summed E-state index contributed by atoms with van der Waals surface area (Å²) < 4.78 is 0. The average Bonchev–Trinajstić information content (AvgIpc) is 2.52. The molecule has 0 saturated carbocycles. The Morgan fingerprint density at radius 2 is 1.95 bits per heavy atom. The Balaban J connectivity index is 1.81. The summed E-state index contributed by atoms with van der Waals surface area (Å²) in [6.45, 7) is 1.97. The molecule has 1 saturated heterocycles. The van der Waals surface area contributed by atoms with E-state index >= 15 is 0 Å². The van der Waals surface area contributed by atoms with E-state index in [2.05, 4.69) is 5.32 Å². The second-order valence-corrected chi connectivity index (χ2v) is 5.15. The Labute approximate surface area is 127 Å². The van der Waals surface area contributed by atoms with Gasteiger partial charge in [0.1, 0.15) is 0 Å². The minimum atomic E-state index is -0.336. The molecule has 0 spiro atoms. The van der Waals surface area contributed by atoms with Gasteiger partial charge in [-0.15, -0.1) is 0 Å². The first-order valence-electron chi connectivity index (χ1n) is 6.61. The zero-order chi connectivity index (χ0) is 15.2. The second kappa shape index (κ2) is 7.08. The molecule has 112 valence electrons. The highest BCUT2D eigenvalue weighted by Crippen LogP contribution is 2.10. The van der Waals surface area contributed by atoms with Crippen LogP contribution in [0.25, 0.3) is 0 Å². The summed E-state index contributed by atoms with van der Waals surface area (Å²) in [5, 5.41) is 3.05. The van der Waals surface area contributed by atoms with Crippen LogP contribution < -0.4 is 5.32 Å². The number of carbonyl (C=O) groups excluding carboxylic acids is 3. The van der Waals surface area contributed by atoms with Crippen molar-refractivity contribution in [2.75, 3.05) is 32.7 Å². The lowest BCUT2D eigenvalue weighted by molar-refractivity contribution is -0.134. The van der Waals surface area contributed by atoms with Crippen molar-refractivity contribution in [3.05, 3.63) is 34.9 Å². The van der Waals surface area contributed by atoms with Gasteiger partial charge >= 0.3 is 0 Å². The number of hydrogen-bond acceptors (Lipinski definition) is 3. The fraction of sp³-hybridized carbons (Fsp3) is 0.357. The second-order valence-electron chi connectivity index (χ2n) is 4.72. The third kappa shape index (κ3) is 4.19. The van der Waals surface area contributed by atoms with Crippen LogP contribution in [0.2, 0.25) is 5.02 Å². The standard InChI is InChI=1S/C14H16ClN3O3/c15-12-3-1-2-11(8-12)14(21)16-9-13(20)18-6-4-17(10-19)5-7-18/h1-3,8,10H,4-7,9H2,(H,16,21). The normalized spacial score (nSPS) is 14.7. The highest BCUT2D eigenvalue weighted by molar-refractivity contribution is 6.30. The molecule has 1 heterocycles. The largest absolute Gasteiger partial charge is 0.343 e. The van der Waals surface area contributed by atoms with Gasteiger partial charge in [-0.2, -0.15) is 0 Å². The monoisotopic (exact) mass is 309 g/mol. The van der Waals surface area contributed by atoms with Gasteiger partial charge in [-0.05, 0) is 18.2 Å². The Hall–Kier alpha value is -2.08. The fourth-order valence-corrected chi connectivity index (χ4v) is 2.27. The Morgan fingerprint density at radius 1 is 1.24 bits per heavy atom. The van der Waals surface area contributed by atoms with Crippen molar-refractivity contribution in [2.24, 2.45) is 0 Å². The lowest BCUT2D eigenvalue weighted by atomic mass is 10.2. The van der Waals surface area contributed by atoms with Crippen LogP contribution in [0.4, 0.5) is 0 Å². The van der Waals surface area contributed by atoms with Crippen LogP contribution in [-0.4, -0.2) is 60.7 Å². The summed E-state index contributed by atoms with van der Waals surface area (Å²) in [7, 11) is 0. The molecule has 0 bridgehead atoms. The zero-order valence-corrected chi connectivity index (χ0v) is 12.2. The molecular formula is C14H16ClN3O3. The van der Waals surface area contributed by atoms with E-state index in [0.717, 1.165) is 6.41 Å². The minimum Gasteiger partial charge on any atom is -0.343 e. The van der Waals surface area contributed by atoms with E-state index in [1.165, 1.54) is 0 Å². The smallest absolute Gasteiger partial charge is 0.251 e. The maximum atomic E-state index is 12.0. The first-order valence-corrected chi connectivity index (χ1v) is 6.99. The van der Waals surface area contributed by atoms with Crippen LogP contribution >= 0.6 is 11.6 Å². The molecule has 1 N–H and O–H groups in total. The summed E-state index contributed by atoms with van der Waals surface area (Å²) in [6, 6.07) is 6.53. The Kier molecular flexibility index (Phi) is 5.16. The molecule has 0 atom stereocenters. The molecule has 1 fully saturated rings. The van der Waals surface area contributed by atoms with E-state index in [0.29, 0.717) is 36.8 Å². The van der Waals surface area contributed by atoms with Gasteiger partial charge in [-0.25, -0.2) is 0 Å². The number of hydrogen-bond donors (Lipinski definition) is 1. The van der Waals surface area contributed by atoms with Crippen molar-refractivity contribution in [1.29, 1.82) is 0 Å². The van der Waals surface area contributed by atoms with Crippen LogP contribution in [0.3, 0.4) is 0 Å². The fourth-order valence-electron chi connectivity index (χ4n) is 2.08. The van der Waals surface area contributed by atoms with Crippen molar-refractivity contribution in [3.8, 4) is 0 Å². The average molecular weight is 310 g/mol. The molecule has 6 nitrogen and oxygen atoms in total. The molecule has 1 aliphatic rings. The Morgan fingerprint density at radius 3 is 2.57 bits per heavy atom. The van der Waals surface area contributed by atoms with Crippen molar-refractivity contribution in [1.82, 2.24) is 15.1 Å². The molecule has 3 amide bonds. The van der Waals surface area contributed by atoms with Gasteiger partial charge in [0, 0.05) is 36.8 Å². The van der Waals surface area contributed by atoms with E-state index in [-0.39, 0.29) is 18.4 Å². The topological polar surface area (TPSA) is 69.7 Å². The number of halogens is 1. The van der Waals surface area contributed by atoms with E-state index in [9.17, 15) is 14.4 Å². The molecule has 1 aromatic rings. The highest BCUT2D eigenvalue weighted by atomic mass is 35.5. The van der Waals surface area contributed by atoms with E-state index in [4.69, 9.17) is 11.6 Å². The molecule has 1 aliphatic heterocycles. The van der Waals surface area contributed by atoms with E-state index in [1.807, 2.05) is 0 Å². The van der Waals surface area contributed by atoms with Crippen molar-refractivity contribution in [3.63, 3.8) is 0 Å². The number of amides is 3. The number of carbonyl (C=O) groups is 3. The van der Waals surface area contributed by atoms with Crippen molar-refractivity contribution < 1.29 is 14.4 Å². The molecule has 0 aliphatic carbocycles. The van der Waals surface area contributed by atoms with Gasteiger partial charge in [0.2, 0.25) is 12.3 Å². The first-order chi connectivity index (χ1) is 10.1. The van der Waals surface area contributed by atoms with E-state index < -0.39 is 0 Å². The predicted molar refractivity (Wildman–Crippen MR) is 78.0 cm³/mol. The minimum absolute atomic E-state index is 0.0631. The first kappa shape index (κ1) is 15.3. The maximum absolute atomic E-state index is 12.0.